The molecule has 0 aliphatic rings. The molecule has 0 aromatic carbocycles. The Morgan fingerprint density at radius 3 is 2.33 bits per heavy atom. The molecule has 0 aliphatic heterocycles. The first-order valence-corrected chi connectivity index (χ1v) is 4.74. The Morgan fingerprint density at radius 2 is 1.93 bits per heavy atom. The summed E-state index contributed by atoms with van der Waals surface area (Å²) in [6, 6.07) is -0.198. The molecule has 0 amide bonds. The standard InChI is InChI=1S/C9H16F3NO2/c1-4-13-7(3)6(2)8(14)15-5-9(10,11)12/h6-7,13H,4-5H2,1-3H3. The highest BCUT2D eigenvalue weighted by Gasteiger charge is 2.31. The highest BCUT2D eigenvalue weighted by atomic mass is 19.4. The fourth-order valence-corrected chi connectivity index (χ4v) is 0.987. The summed E-state index contributed by atoms with van der Waals surface area (Å²) in [7, 11) is 0. The van der Waals surface area contributed by atoms with E-state index in [2.05, 4.69) is 10.1 Å². The lowest BCUT2D eigenvalue weighted by Crippen LogP contribution is -2.37. The first-order chi connectivity index (χ1) is 6.78. The normalized spacial score (nSPS) is 15.9. The number of rotatable bonds is 5. The smallest absolute Gasteiger partial charge is 0.422 e. The van der Waals surface area contributed by atoms with Gasteiger partial charge in [-0.3, -0.25) is 4.79 Å². The summed E-state index contributed by atoms with van der Waals surface area (Å²) in [5, 5.41) is 2.94. The van der Waals surface area contributed by atoms with Crippen molar-refractivity contribution in [2.45, 2.75) is 33.0 Å². The molecule has 0 aliphatic carbocycles. The summed E-state index contributed by atoms with van der Waals surface area (Å²) in [4.78, 5) is 11.1. The van der Waals surface area contributed by atoms with Gasteiger partial charge in [0, 0.05) is 6.04 Å². The Labute approximate surface area is 87.0 Å². The number of hydrogen-bond donors (Lipinski definition) is 1. The van der Waals surface area contributed by atoms with Crippen molar-refractivity contribution in [1.29, 1.82) is 0 Å². The van der Waals surface area contributed by atoms with Crippen molar-refractivity contribution in [2.75, 3.05) is 13.2 Å². The van der Waals surface area contributed by atoms with Crippen LogP contribution in [0.1, 0.15) is 20.8 Å². The Bertz CT molecular complexity index is 206. The molecule has 0 bridgehead atoms. The van der Waals surface area contributed by atoms with E-state index in [1.807, 2.05) is 6.92 Å². The van der Waals surface area contributed by atoms with E-state index in [0.717, 1.165) is 0 Å². The molecule has 0 fully saturated rings. The minimum absolute atomic E-state index is 0.198. The topological polar surface area (TPSA) is 38.3 Å². The van der Waals surface area contributed by atoms with Crippen molar-refractivity contribution in [2.24, 2.45) is 5.92 Å². The Morgan fingerprint density at radius 1 is 1.40 bits per heavy atom. The lowest BCUT2D eigenvalue weighted by atomic mass is 10.0. The van der Waals surface area contributed by atoms with E-state index < -0.39 is 24.7 Å². The molecule has 0 aromatic heterocycles. The predicted octanol–water partition coefficient (Wildman–Crippen LogP) is 1.73. The number of esters is 1. The van der Waals surface area contributed by atoms with Crippen molar-refractivity contribution in [3.63, 3.8) is 0 Å². The van der Waals surface area contributed by atoms with Crippen LogP contribution in [0, 0.1) is 5.92 Å². The van der Waals surface area contributed by atoms with Gasteiger partial charge in [-0.2, -0.15) is 13.2 Å². The fraction of sp³-hybridized carbons (Fsp3) is 0.889. The van der Waals surface area contributed by atoms with Gasteiger partial charge in [0.15, 0.2) is 6.61 Å². The van der Waals surface area contributed by atoms with E-state index >= 15 is 0 Å². The van der Waals surface area contributed by atoms with Crippen LogP contribution in [0.25, 0.3) is 0 Å². The molecule has 6 heteroatoms. The quantitative estimate of drug-likeness (QED) is 0.727. The van der Waals surface area contributed by atoms with Gasteiger partial charge in [0.05, 0.1) is 5.92 Å². The second-order valence-electron chi connectivity index (χ2n) is 3.36. The molecule has 1 N–H and O–H groups in total. The summed E-state index contributed by atoms with van der Waals surface area (Å²) in [5.74, 6) is -1.42. The zero-order valence-corrected chi connectivity index (χ0v) is 9.02. The third-order valence-electron chi connectivity index (χ3n) is 2.03. The van der Waals surface area contributed by atoms with E-state index in [9.17, 15) is 18.0 Å². The van der Waals surface area contributed by atoms with Crippen LogP contribution in [0.5, 0.6) is 0 Å². The summed E-state index contributed by atoms with van der Waals surface area (Å²) < 4.78 is 39.3. The highest BCUT2D eigenvalue weighted by molar-refractivity contribution is 5.72. The average Bonchev–Trinajstić information content (AvgIpc) is 2.12. The molecule has 2 atom stereocenters. The molecule has 0 spiro atoms. The summed E-state index contributed by atoms with van der Waals surface area (Å²) in [5.41, 5.74) is 0. The molecular weight excluding hydrogens is 211 g/mol. The number of nitrogens with one attached hydrogen (secondary N) is 1. The van der Waals surface area contributed by atoms with E-state index in [1.54, 1.807) is 6.92 Å². The van der Waals surface area contributed by atoms with Crippen LogP contribution in [0.3, 0.4) is 0 Å². The van der Waals surface area contributed by atoms with E-state index in [4.69, 9.17) is 0 Å². The van der Waals surface area contributed by atoms with Crippen molar-refractivity contribution in [3.8, 4) is 0 Å². The lowest BCUT2D eigenvalue weighted by molar-refractivity contribution is -0.189. The molecule has 0 saturated heterocycles. The maximum Gasteiger partial charge on any atom is 0.422 e. The zero-order chi connectivity index (χ0) is 12.1. The summed E-state index contributed by atoms with van der Waals surface area (Å²) in [6.07, 6.45) is -4.46. The van der Waals surface area contributed by atoms with Crippen molar-refractivity contribution >= 4 is 5.97 Å². The van der Waals surface area contributed by atoms with E-state index in [1.165, 1.54) is 6.92 Å². The van der Waals surface area contributed by atoms with Gasteiger partial charge in [0.2, 0.25) is 0 Å². The molecule has 0 aromatic rings. The summed E-state index contributed by atoms with van der Waals surface area (Å²) in [6.45, 7) is 4.24. The van der Waals surface area contributed by atoms with Crippen molar-refractivity contribution < 1.29 is 22.7 Å². The molecule has 0 saturated carbocycles. The first kappa shape index (κ1) is 14.2. The molecule has 0 radical (unpaired) electrons. The minimum atomic E-state index is -4.46. The van der Waals surface area contributed by atoms with Crippen molar-refractivity contribution in [3.05, 3.63) is 0 Å². The molecule has 3 nitrogen and oxygen atoms in total. The average molecular weight is 227 g/mol. The van der Waals surface area contributed by atoms with Gasteiger partial charge in [0.25, 0.3) is 0 Å². The monoisotopic (exact) mass is 227 g/mol. The molecule has 15 heavy (non-hydrogen) atoms. The summed E-state index contributed by atoms with van der Waals surface area (Å²) >= 11 is 0. The van der Waals surface area contributed by atoms with Crippen molar-refractivity contribution in [1.82, 2.24) is 5.32 Å². The number of halogens is 3. The number of carbonyl (C=O) groups is 1. The third-order valence-corrected chi connectivity index (χ3v) is 2.03. The van der Waals surface area contributed by atoms with Crippen LogP contribution >= 0.6 is 0 Å². The van der Waals surface area contributed by atoms with Crippen LogP contribution in [-0.2, 0) is 9.53 Å². The van der Waals surface area contributed by atoms with Gasteiger partial charge in [-0.05, 0) is 13.5 Å². The van der Waals surface area contributed by atoms with Gasteiger partial charge >= 0.3 is 12.1 Å². The van der Waals surface area contributed by atoms with E-state index in [0.29, 0.717) is 6.54 Å². The minimum Gasteiger partial charge on any atom is -0.456 e. The molecule has 2 unspecified atom stereocenters. The van der Waals surface area contributed by atoms with Gasteiger partial charge in [0.1, 0.15) is 0 Å². The SMILES string of the molecule is CCNC(C)C(C)C(=O)OCC(F)(F)F. The van der Waals surface area contributed by atoms with Gasteiger partial charge in [-0.1, -0.05) is 13.8 Å². The van der Waals surface area contributed by atoms with Gasteiger partial charge in [-0.25, -0.2) is 0 Å². The highest BCUT2D eigenvalue weighted by Crippen LogP contribution is 2.16. The fourth-order valence-electron chi connectivity index (χ4n) is 0.987. The maximum atomic E-state index is 11.7. The molecule has 0 rings (SSSR count). The second-order valence-corrected chi connectivity index (χ2v) is 3.36. The predicted molar refractivity (Wildman–Crippen MR) is 49.3 cm³/mol. The van der Waals surface area contributed by atoms with Crippen LogP contribution in [0.4, 0.5) is 13.2 Å². The molecule has 0 heterocycles. The Balaban J connectivity index is 3.99. The van der Waals surface area contributed by atoms with Crippen LogP contribution < -0.4 is 5.32 Å². The van der Waals surface area contributed by atoms with Crippen LogP contribution in [0.2, 0.25) is 0 Å². The Kier molecular flexibility index (Phi) is 5.64. The van der Waals surface area contributed by atoms with Crippen LogP contribution in [0.15, 0.2) is 0 Å². The lowest BCUT2D eigenvalue weighted by Gasteiger charge is -2.19. The number of hydrogen-bond acceptors (Lipinski definition) is 3. The number of ether oxygens (including phenoxy) is 1. The largest absolute Gasteiger partial charge is 0.456 e. The zero-order valence-electron chi connectivity index (χ0n) is 9.02. The van der Waals surface area contributed by atoms with E-state index in [-0.39, 0.29) is 6.04 Å². The third kappa shape index (κ3) is 6.33. The number of alkyl halides is 3. The molecular formula is C9H16F3NO2. The van der Waals surface area contributed by atoms with Gasteiger partial charge in [-0.15, -0.1) is 0 Å². The second kappa shape index (κ2) is 5.95. The van der Waals surface area contributed by atoms with Gasteiger partial charge < -0.3 is 10.1 Å². The number of carbonyl (C=O) groups excluding carboxylic acids is 1. The Hall–Kier alpha value is -0.780. The molecule has 90 valence electrons. The van der Waals surface area contributed by atoms with Crippen LogP contribution in [-0.4, -0.2) is 31.3 Å². The maximum absolute atomic E-state index is 11.7. The first-order valence-electron chi connectivity index (χ1n) is 4.74.